The molecule has 0 bridgehead atoms. The first-order valence-electron chi connectivity index (χ1n) is 7.70. The molecule has 0 saturated heterocycles. The maximum atomic E-state index is 5.79. The minimum absolute atomic E-state index is 0.536. The molecule has 4 heteroatoms. The number of rotatable bonds is 6. The van der Waals surface area contributed by atoms with Crippen LogP contribution in [-0.4, -0.2) is 29.5 Å². The number of hydrogen-bond acceptors (Lipinski definition) is 3. The number of nitrogens with zero attached hydrogens (tertiary/aromatic N) is 2. The van der Waals surface area contributed by atoms with E-state index in [4.69, 9.17) is 11.6 Å². The van der Waals surface area contributed by atoms with Gasteiger partial charge in [-0.2, -0.15) is 0 Å². The van der Waals surface area contributed by atoms with Crippen LogP contribution in [0.1, 0.15) is 56.7 Å². The second kappa shape index (κ2) is 7.24. The summed E-state index contributed by atoms with van der Waals surface area (Å²) in [6.07, 6.45) is 7.74. The quantitative estimate of drug-likeness (QED) is 0.707. The molecular weight excluding hydrogens is 288 g/mol. The van der Waals surface area contributed by atoms with E-state index >= 15 is 0 Å². The number of halogens is 1. The van der Waals surface area contributed by atoms with Crippen molar-refractivity contribution in [1.82, 2.24) is 9.88 Å². The highest BCUT2D eigenvalue weighted by Gasteiger charge is 2.28. The van der Waals surface area contributed by atoms with Gasteiger partial charge in [-0.25, -0.2) is 4.98 Å². The van der Waals surface area contributed by atoms with Crippen molar-refractivity contribution in [3.63, 3.8) is 0 Å². The Hall–Kier alpha value is -0.120. The van der Waals surface area contributed by atoms with E-state index in [-0.39, 0.29) is 0 Å². The van der Waals surface area contributed by atoms with Crippen molar-refractivity contribution in [2.24, 2.45) is 5.41 Å². The Labute approximate surface area is 132 Å². The highest BCUT2D eigenvalue weighted by molar-refractivity contribution is 7.09. The van der Waals surface area contributed by atoms with Gasteiger partial charge in [0, 0.05) is 17.8 Å². The first-order chi connectivity index (χ1) is 9.50. The summed E-state index contributed by atoms with van der Waals surface area (Å²) in [5.74, 6) is 0.536. The number of aryl methyl sites for hydroxylation is 1. The molecule has 1 aliphatic rings. The zero-order valence-electron chi connectivity index (χ0n) is 13.0. The molecule has 1 heterocycles. The van der Waals surface area contributed by atoms with Crippen LogP contribution in [-0.2, 0) is 12.3 Å². The van der Waals surface area contributed by atoms with Gasteiger partial charge >= 0.3 is 0 Å². The maximum absolute atomic E-state index is 5.79. The molecular formula is C16H27ClN2S. The van der Waals surface area contributed by atoms with Gasteiger partial charge in [0.05, 0.1) is 16.6 Å². The Kier molecular flexibility index (Phi) is 5.88. The summed E-state index contributed by atoms with van der Waals surface area (Å²) in [7, 11) is 2.29. The minimum Gasteiger partial charge on any atom is -0.303 e. The van der Waals surface area contributed by atoms with Crippen LogP contribution in [0, 0.1) is 5.41 Å². The lowest BCUT2D eigenvalue weighted by atomic mass is 9.75. The van der Waals surface area contributed by atoms with E-state index in [0.717, 1.165) is 18.2 Å². The fourth-order valence-electron chi connectivity index (χ4n) is 3.01. The lowest BCUT2D eigenvalue weighted by Crippen LogP contribution is -2.37. The highest BCUT2D eigenvalue weighted by Crippen LogP contribution is 2.36. The zero-order valence-corrected chi connectivity index (χ0v) is 14.6. The molecule has 1 saturated carbocycles. The molecule has 0 atom stereocenters. The molecule has 0 N–H and O–H groups in total. The summed E-state index contributed by atoms with van der Waals surface area (Å²) < 4.78 is 0. The van der Waals surface area contributed by atoms with Crippen LogP contribution >= 0.6 is 22.9 Å². The molecule has 0 aliphatic heterocycles. The first-order valence-corrected chi connectivity index (χ1v) is 9.11. The summed E-state index contributed by atoms with van der Waals surface area (Å²) in [4.78, 5) is 7.09. The fourth-order valence-corrected chi connectivity index (χ4v) is 4.08. The van der Waals surface area contributed by atoms with Crippen molar-refractivity contribution in [1.29, 1.82) is 0 Å². The molecule has 20 heavy (non-hydrogen) atoms. The van der Waals surface area contributed by atoms with Crippen LogP contribution in [0.5, 0.6) is 0 Å². The Morgan fingerprint density at radius 3 is 2.70 bits per heavy atom. The normalized spacial score (nSPS) is 19.6. The average Bonchev–Trinajstić information content (AvgIpc) is 2.86. The predicted octanol–water partition coefficient (Wildman–Crippen LogP) is 4.72. The van der Waals surface area contributed by atoms with Gasteiger partial charge in [-0.15, -0.1) is 22.9 Å². The molecule has 0 radical (unpaired) electrons. The van der Waals surface area contributed by atoms with Crippen molar-refractivity contribution in [3.8, 4) is 0 Å². The monoisotopic (exact) mass is 314 g/mol. The SMILES string of the molecule is CN(CCCc1nc(CCl)cs1)C1CCC(C)(C)CC1. The van der Waals surface area contributed by atoms with Gasteiger partial charge in [0.15, 0.2) is 0 Å². The second-order valence-electron chi connectivity index (χ2n) is 6.85. The van der Waals surface area contributed by atoms with Crippen molar-refractivity contribution in [2.45, 2.75) is 64.3 Å². The van der Waals surface area contributed by atoms with Gasteiger partial charge in [0.25, 0.3) is 0 Å². The van der Waals surface area contributed by atoms with Gasteiger partial charge in [-0.05, 0) is 51.1 Å². The average molecular weight is 315 g/mol. The summed E-state index contributed by atoms with van der Waals surface area (Å²) in [5, 5.41) is 3.31. The highest BCUT2D eigenvalue weighted by atomic mass is 35.5. The summed E-state index contributed by atoms with van der Waals surface area (Å²) in [6.45, 7) is 5.99. The van der Waals surface area contributed by atoms with Crippen molar-refractivity contribution >= 4 is 22.9 Å². The van der Waals surface area contributed by atoms with Crippen LogP contribution in [0.2, 0.25) is 0 Å². The largest absolute Gasteiger partial charge is 0.303 e. The lowest BCUT2D eigenvalue weighted by molar-refractivity contribution is 0.127. The molecule has 1 aromatic rings. The molecule has 0 unspecified atom stereocenters. The van der Waals surface area contributed by atoms with Crippen LogP contribution in [0.4, 0.5) is 0 Å². The van der Waals surface area contributed by atoms with E-state index in [1.807, 2.05) is 0 Å². The second-order valence-corrected chi connectivity index (χ2v) is 8.06. The molecule has 0 spiro atoms. The van der Waals surface area contributed by atoms with Crippen LogP contribution in [0.3, 0.4) is 0 Å². The van der Waals surface area contributed by atoms with Gasteiger partial charge in [-0.3, -0.25) is 0 Å². The first kappa shape index (κ1) is 16.3. The number of aromatic nitrogens is 1. The third-order valence-electron chi connectivity index (χ3n) is 4.57. The lowest BCUT2D eigenvalue weighted by Gasteiger charge is -2.38. The van der Waals surface area contributed by atoms with Crippen LogP contribution in [0.25, 0.3) is 0 Å². The minimum atomic E-state index is 0.536. The Morgan fingerprint density at radius 2 is 2.10 bits per heavy atom. The molecule has 114 valence electrons. The molecule has 0 aromatic carbocycles. The zero-order chi connectivity index (χ0) is 14.6. The predicted molar refractivity (Wildman–Crippen MR) is 88.7 cm³/mol. The summed E-state index contributed by atoms with van der Waals surface area (Å²) in [5.41, 5.74) is 1.59. The Morgan fingerprint density at radius 1 is 1.40 bits per heavy atom. The van der Waals surface area contributed by atoms with Gasteiger partial charge in [-0.1, -0.05) is 13.8 Å². The summed E-state index contributed by atoms with van der Waals surface area (Å²) in [6, 6.07) is 0.790. The Balaban J connectivity index is 1.69. The van der Waals surface area contributed by atoms with Gasteiger partial charge in [0.1, 0.15) is 0 Å². The van der Waals surface area contributed by atoms with E-state index < -0.39 is 0 Å². The smallest absolute Gasteiger partial charge is 0.0929 e. The molecule has 1 fully saturated rings. The van der Waals surface area contributed by atoms with Gasteiger partial charge < -0.3 is 4.90 Å². The molecule has 1 aliphatic carbocycles. The van der Waals surface area contributed by atoms with E-state index in [9.17, 15) is 0 Å². The molecule has 2 rings (SSSR count). The molecule has 1 aromatic heterocycles. The standard InChI is InChI=1S/C16H27ClN2S/c1-16(2)8-6-14(7-9-16)19(3)10-4-5-15-18-13(11-17)12-20-15/h12,14H,4-11H2,1-3H3. The van der Waals surface area contributed by atoms with Crippen LogP contribution in [0.15, 0.2) is 5.38 Å². The maximum Gasteiger partial charge on any atom is 0.0929 e. The van der Waals surface area contributed by atoms with E-state index in [0.29, 0.717) is 11.3 Å². The number of alkyl halides is 1. The van der Waals surface area contributed by atoms with Crippen LogP contribution < -0.4 is 0 Å². The van der Waals surface area contributed by atoms with Crippen molar-refractivity contribution in [2.75, 3.05) is 13.6 Å². The van der Waals surface area contributed by atoms with E-state index in [2.05, 4.69) is 36.2 Å². The third kappa shape index (κ3) is 4.71. The fraction of sp³-hybridized carbons (Fsp3) is 0.812. The van der Waals surface area contributed by atoms with E-state index in [1.165, 1.54) is 43.7 Å². The van der Waals surface area contributed by atoms with Gasteiger partial charge in [0.2, 0.25) is 0 Å². The van der Waals surface area contributed by atoms with Crippen molar-refractivity contribution in [3.05, 3.63) is 16.1 Å². The Bertz CT molecular complexity index is 406. The van der Waals surface area contributed by atoms with E-state index in [1.54, 1.807) is 11.3 Å². The number of thiazole rings is 1. The van der Waals surface area contributed by atoms with Crippen molar-refractivity contribution < 1.29 is 0 Å². The summed E-state index contributed by atoms with van der Waals surface area (Å²) >= 11 is 7.53. The third-order valence-corrected chi connectivity index (χ3v) is 5.80. The molecule has 0 amide bonds. The number of hydrogen-bond donors (Lipinski definition) is 0. The topological polar surface area (TPSA) is 16.1 Å². The molecule has 2 nitrogen and oxygen atoms in total.